The molecule has 35 heavy (non-hydrogen) atoms. The third-order valence-electron chi connectivity index (χ3n) is 7.48. The van der Waals surface area contributed by atoms with Gasteiger partial charge < -0.3 is 5.11 Å². The van der Waals surface area contributed by atoms with E-state index >= 15 is 0 Å². The fraction of sp³-hybridized carbons (Fsp3) is 0.400. The summed E-state index contributed by atoms with van der Waals surface area (Å²) in [5.41, 5.74) is 4.42. The van der Waals surface area contributed by atoms with Crippen molar-refractivity contribution >= 4 is 10.9 Å². The zero-order valence-corrected chi connectivity index (χ0v) is 18.9. The predicted octanol–water partition coefficient (Wildman–Crippen LogP) is 4.44. The smallest absolute Gasteiger partial charge is 0.382 e. The summed E-state index contributed by atoms with van der Waals surface area (Å²) in [6.45, 7) is -0.329. The van der Waals surface area contributed by atoms with Crippen molar-refractivity contribution in [3.8, 4) is 17.1 Å². The maximum Gasteiger partial charge on any atom is 0.415 e. The van der Waals surface area contributed by atoms with Crippen LogP contribution in [0.2, 0.25) is 0 Å². The molecule has 4 aromatic rings. The van der Waals surface area contributed by atoms with Gasteiger partial charge in [-0.2, -0.15) is 18.3 Å². The summed E-state index contributed by atoms with van der Waals surface area (Å²) in [5.74, 6) is 0.294. The number of aromatic nitrogens is 5. The Bertz CT molecular complexity index is 1320. The summed E-state index contributed by atoms with van der Waals surface area (Å²) in [5, 5.41) is 26.5. The Morgan fingerprint density at radius 2 is 1.74 bits per heavy atom. The molecule has 4 atom stereocenters. The number of aromatic amines is 1. The lowest BCUT2D eigenvalue weighted by Crippen LogP contribution is -2.49. The van der Waals surface area contributed by atoms with E-state index in [1.807, 2.05) is 47.5 Å². The molecule has 2 aliphatic rings. The Hall–Kier alpha value is -3.24. The van der Waals surface area contributed by atoms with E-state index in [2.05, 4.69) is 32.6 Å². The highest BCUT2D eigenvalue weighted by Crippen LogP contribution is 2.43. The van der Waals surface area contributed by atoms with E-state index in [9.17, 15) is 18.3 Å². The van der Waals surface area contributed by atoms with Crippen molar-refractivity contribution < 1.29 is 18.3 Å². The van der Waals surface area contributed by atoms with Crippen LogP contribution in [0.1, 0.15) is 37.2 Å². The number of piperidine rings is 1. The van der Waals surface area contributed by atoms with E-state index in [4.69, 9.17) is 0 Å². The lowest BCUT2D eigenvalue weighted by atomic mass is 9.85. The number of rotatable bonds is 5. The van der Waals surface area contributed by atoms with Crippen LogP contribution >= 0.6 is 0 Å². The lowest BCUT2D eigenvalue weighted by molar-refractivity contribution is -0.210. The highest BCUT2D eigenvalue weighted by molar-refractivity contribution is 5.91. The fourth-order valence-corrected chi connectivity index (χ4v) is 5.70. The minimum absolute atomic E-state index is 0.0805. The van der Waals surface area contributed by atoms with Crippen LogP contribution in [-0.4, -0.2) is 66.1 Å². The number of alkyl halides is 3. The average Bonchev–Trinajstić information content (AvgIpc) is 3.54. The zero-order valence-electron chi connectivity index (χ0n) is 18.9. The molecule has 0 spiro atoms. The van der Waals surface area contributed by atoms with Gasteiger partial charge in [0.05, 0.1) is 17.4 Å². The molecular weight excluding hydrogens is 457 g/mol. The molecule has 4 heterocycles. The first-order valence-electron chi connectivity index (χ1n) is 11.8. The second-order valence-corrected chi connectivity index (χ2v) is 9.57. The number of halogens is 3. The number of nitrogens with zero attached hydrogens (tertiary/aromatic N) is 5. The Morgan fingerprint density at radius 3 is 2.46 bits per heavy atom. The number of H-pyrrole nitrogens is 1. The van der Waals surface area contributed by atoms with Crippen molar-refractivity contribution in [2.45, 2.75) is 56.0 Å². The lowest BCUT2D eigenvalue weighted by Gasteiger charge is -2.40. The SMILES string of the molecule is OC(CN1[C@@H]2CC[C@H]1C[C@@H](c1ccc(-n3cc(-c4n[nH]c5ccccc45)nn3)cc1)C2)C(F)(F)F. The van der Waals surface area contributed by atoms with Gasteiger partial charge in [0.1, 0.15) is 11.4 Å². The summed E-state index contributed by atoms with van der Waals surface area (Å²) < 4.78 is 40.3. The van der Waals surface area contributed by atoms with Gasteiger partial charge in [0.25, 0.3) is 0 Å². The van der Waals surface area contributed by atoms with E-state index in [0.29, 0.717) is 11.6 Å². The molecule has 6 rings (SSSR count). The van der Waals surface area contributed by atoms with Crippen molar-refractivity contribution in [3.05, 3.63) is 60.3 Å². The third kappa shape index (κ3) is 4.10. The Kier molecular flexibility index (Phi) is 5.37. The number of aliphatic hydroxyl groups excluding tert-OH is 1. The standard InChI is InChI=1S/C25H25F3N6O/c26-25(27,28)23(35)14-33-18-9-10-19(33)12-16(11-18)15-5-7-17(8-6-15)34-13-22(30-32-34)24-20-3-1-2-4-21(20)29-31-24/h1-8,13,16,18-19,23,35H,9-12,14H2,(H,29,31)/t16-,18+,19-,23?. The largest absolute Gasteiger partial charge is 0.415 e. The van der Waals surface area contributed by atoms with Crippen LogP contribution in [0, 0.1) is 0 Å². The Labute approximate surface area is 199 Å². The first kappa shape index (κ1) is 22.2. The van der Waals surface area contributed by atoms with E-state index in [-0.39, 0.29) is 18.6 Å². The normalized spacial score (nSPS) is 23.7. The highest BCUT2D eigenvalue weighted by Gasteiger charge is 2.46. The van der Waals surface area contributed by atoms with Crippen molar-refractivity contribution in [2.75, 3.05) is 6.54 Å². The van der Waals surface area contributed by atoms with Crippen LogP contribution in [0.15, 0.2) is 54.7 Å². The molecule has 2 N–H and O–H groups in total. The number of nitrogens with one attached hydrogen (secondary N) is 1. The van der Waals surface area contributed by atoms with Crippen LogP contribution in [-0.2, 0) is 0 Å². The minimum Gasteiger partial charge on any atom is -0.382 e. The van der Waals surface area contributed by atoms with Crippen LogP contribution in [0.3, 0.4) is 0 Å². The second kappa shape index (κ2) is 8.46. The Morgan fingerprint density at radius 1 is 1.03 bits per heavy atom. The summed E-state index contributed by atoms with van der Waals surface area (Å²) >= 11 is 0. The van der Waals surface area contributed by atoms with Crippen LogP contribution in [0.25, 0.3) is 28.0 Å². The maximum atomic E-state index is 12.9. The van der Waals surface area contributed by atoms with Crippen molar-refractivity contribution in [1.29, 1.82) is 0 Å². The van der Waals surface area contributed by atoms with Gasteiger partial charge in [-0.15, -0.1) is 5.10 Å². The molecule has 7 nitrogen and oxygen atoms in total. The number of para-hydroxylation sites is 1. The average molecular weight is 483 g/mol. The van der Waals surface area contributed by atoms with E-state index in [1.165, 1.54) is 5.56 Å². The van der Waals surface area contributed by atoms with Gasteiger partial charge in [0.15, 0.2) is 6.10 Å². The molecular formula is C25H25F3N6O. The van der Waals surface area contributed by atoms with Gasteiger partial charge in [-0.1, -0.05) is 35.5 Å². The summed E-state index contributed by atoms with van der Waals surface area (Å²) in [6, 6.07) is 16.2. The summed E-state index contributed by atoms with van der Waals surface area (Å²) in [7, 11) is 0. The first-order chi connectivity index (χ1) is 16.9. The fourth-order valence-electron chi connectivity index (χ4n) is 5.70. The molecule has 2 aromatic heterocycles. The van der Waals surface area contributed by atoms with Crippen LogP contribution < -0.4 is 0 Å². The molecule has 2 fully saturated rings. The van der Waals surface area contributed by atoms with Gasteiger partial charge in [0.2, 0.25) is 0 Å². The minimum atomic E-state index is -4.57. The zero-order chi connectivity index (χ0) is 24.2. The molecule has 0 saturated carbocycles. The number of benzene rings is 2. The number of hydrogen-bond acceptors (Lipinski definition) is 5. The molecule has 182 valence electrons. The van der Waals surface area contributed by atoms with Crippen molar-refractivity contribution in [3.63, 3.8) is 0 Å². The molecule has 2 saturated heterocycles. The van der Waals surface area contributed by atoms with Gasteiger partial charge >= 0.3 is 6.18 Å². The van der Waals surface area contributed by atoms with Crippen LogP contribution in [0.5, 0.6) is 0 Å². The van der Waals surface area contributed by atoms with Crippen LogP contribution in [0.4, 0.5) is 13.2 Å². The maximum absolute atomic E-state index is 12.9. The van der Waals surface area contributed by atoms with Gasteiger partial charge in [-0.3, -0.25) is 10.00 Å². The third-order valence-corrected chi connectivity index (χ3v) is 7.48. The quantitative estimate of drug-likeness (QED) is 0.439. The molecule has 0 amide bonds. The van der Waals surface area contributed by atoms with E-state index in [1.54, 1.807) is 4.68 Å². The molecule has 2 aliphatic heterocycles. The molecule has 10 heteroatoms. The summed E-state index contributed by atoms with van der Waals surface area (Å²) in [6.07, 6.45) is -1.63. The number of aliphatic hydroxyl groups is 1. The summed E-state index contributed by atoms with van der Waals surface area (Å²) in [4.78, 5) is 1.87. The molecule has 0 radical (unpaired) electrons. The molecule has 1 unspecified atom stereocenters. The monoisotopic (exact) mass is 482 g/mol. The van der Waals surface area contributed by atoms with Crippen molar-refractivity contribution in [2.24, 2.45) is 0 Å². The predicted molar refractivity (Wildman–Crippen MR) is 124 cm³/mol. The number of fused-ring (bicyclic) bond motifs is 3. The van der Waals surface area contributed by atoms with E-state index < -0.39 is 12.3 Å². The van der Waals surface area contributed by atoms with Gasteiger partial charge in [-0.05, 0) is 55.4 Å². The molecule has 2 aromatic carbocycles. The topological polar surface area (TPSA) is 82.9 Å². The molecule has 2 bridgehead atoms. The van der Waals surface area contributed by atoms with Crippen molar-refractivity contribution in [1.82, 2.24) is 30.1 Å². The Balaban J connectivity index is 1.16. The molecule has 0 aliphatic carbocycles. The number of hydrogen-bond donors (Lipinski definition) is 2. The first-order valence-corrected chi connectivity index (χ1v) is 11.8. The highest BCUT2D eigenvalue weighted by atomic mass is 19.4. The van der Waals surface area contributed by atoms with E-state index in [0.717, 1.165) is 48.0 Å². The van der Waals surface area contributed by atoms with Gasteiger partial charge in [-0.25, -0.2) is 4.68 Å². The second-order valence-electron chi connectivity index (χ2n) is 9.57. The van der Waals surface area contributed by atoms with Gasteiger partial charge in [0, 0.05) is 24.0 Å².